The highest BCUT2D eigenvalue weighted by Crippen LogP contribution is 2.22. The largest absolute Gasteiger partial charge is 0.459 e. The number of hydrogen-bond acceptors (Lipinski definition) is 5. The highest BCUT2D eigenvalue weighted by atomic mass is 16.4. The molecule has 0 radical (unpaired) electrons. The molecule has 3 rings (SSSR count). The van der Waals surface area contributed by atoms with E-state index in [0.29, 0.717) is 28.8 Å². The van der Waals surface area contributed by atoms with Crippen molar-refractivity contribution in [2.45, 2.75) is 20.3 Å². The molecule has 22 heavy (non-hydrogen) atoms. The van der Waals surface area contributed by atoms with E-state index in [1.165, 1.54) is 0 Å². The van der Waals surface area contributed by atoms with Gasteiger partial charge in [-0.15, -0.1) is 0 Å². The highest BCUT2D eigenvalue weighted by Gasteiger charge is 2.17. The summed E-state index contributed by atoms with van der Waals surface area (Å²) in [5, 5.41) is 7.01. The van der Waals surface area contributed by atoms with E-state index in [0.717, 1.165) is 5.69 Å². The molecule has 3 heterocycles. The zero-order valence-electron chi connectivity index (χ0n) is 12.6. The average molecular weight is 300 g/mol. The van der Waals surface area contributed by atoms with Gasteiger partial charge in [0, 0.05) is 13.2 Å². The molecule has 7 nitrogen and oxygen atoms in total. The van der Waals surface area contributed by atoms with E-state index in [2.05, 4.69) is 15.4 Å². The maximum atomic E-state index is 12.1. The van der Waals surface area contributed by atoms with Gasteiger partial charge >= 0.3 is 0 Å². The molecule has 114 valence electrons. The van der Waals surface area contributed by atoms with Crippen LogP contribution in [0, 0.1) is 13.8 Å². The number of hydrogen-bond donors (Lipinski definition) is 1. The number of aromatic nitrogens is 3. The molecule has 3 aromatic heterocycles. The predicted octanol–water partition coefficient (Wildman–Crippen LogP) is 2.47. The van der Waals surface area contributed by atoms with Crippen LogP contribution in [0.25, 0.3) is 11.7 Å². The Bertz CT molecular complexity index is 799. The molecule has 0 aliphatic rings. The zero-order chi connectivity index (χ0) is 15.7. The second-order valence-electron chi connectivity index (χ2n) is 5.03. The maximum absolute atomic E-state index is 12.1. The number of aryl methyl sites for hydroxylation is 3. The van der Waals surface area contributed by atoms with E-state index in [4.69, 9.17) is 8.83 Å². The molecule has 0 saturated heterocycles. The zero-order valence-corrected chi connectivity index (χ0v) is 12.6. The van der Waals surface area contributed by atoms with Crippen molar-refractivity contribution in [3.05, 3.63) is 41.7 Å². The van der Waals surface area contributed by atoms with E-state index in [1.54, 1.807) is 43.2 Å². The van der Waals surface area contributed by atoms with E-state index in [1.807, 2.05) is 6.92 Å². The van der Waals surface area contributed by atoms with Gasteiger partial charge in [-0.25, -0.2) is 4.98 Å². The van der Waals surface area contributed by atoms with Crippen LogP contribution in [-0.4, -0.2) is 20.7 Å². The summed E-state index contributed by atoms with van der Waals surface area (Å²) in [4.78, 5) is 16.5. The van der Waals surface area contributed by atoms with Gasteiger partial charge in [0.05, 0.1) is 29.8 Å². The molecule has 0 fully saturated rings. The van der Waals surface area contributed by atoms with Crippen molar-refractivity contribution in [1.82, 2.24) is 14.8 Å². The summed E-state index contributed by atoms with van der Waals surface area (Å²) < 4.78 is 12.4. The van der Waals surface area contributed by atoms with Crippen LogP contribution >= 0.6 is 0 Å². The number of rotatable bonds is 4. The first-order valence-electron chi connectivity index (χ1n) is 6.83. The second-order valence-corrected chi connectivity index (χ2v) is 5.03. The van der Waals surface area contributed by atoms with E-state index in [9.17, 15) is 4.79 Å². The number of nitrogens with zero attached hydrogens (tertiary/aromatic N) is 3. The molecule has 0 spiro atoms. The third-order valence-electron chi connectivity index (χ3n) is 3.24. The van der Waals surface area contributed by atoms with Gasteiger partial charge in [-0.3, -0.25) is 9.48 Å². The fourth-order valence-electron chi connectivity index (χ4n) is 2.17. The second kappa shape index (κ2) is 5.51. The normalized spacial score (nSPS) is 10.9. The van der Waals surface area contributed by atoms with Crippen molar-refractivity contribution >= 4 is 11.6 Å². The fourth-order valence-corrected chi connectivity index (χ4v) is 2.17. The quantitative estimate of drug-likeness (QED) is 0.800. The third-order valence-corrected chi connectivity index (χ3v) is 3.24. The summed E-state index contributed by atoms with van der Waals surface area (Å²) in [6.45, 7) is 3.61. The summed E-state index contributed by atoms with van der Waals surface area (Å²) in [5.74, 6) is 1.35. The Morgan fingerprint density at radius 2 is 2.23 bits per heavy atom. The lowest BCUT2D eigenvalue weighted by atomic mass is 10.2. The Labute approximate surface area is 126 Å². The van der Waals surface area contributed by atoms with Crippen molar-refractivity contribution in [3.8, 4) is 11.7 Å². The standard InChI is InChI=1S/C15H16N4O3/c1-9-12(8-19(3)18-9)16-14(20)7-11-10(2)22-15(17-11)13-5-4-6-21-13/h4-6,8H,7H2,1-3H3,(H,16,20). The van der Waals surface area contributed by atoms with Gasteiger partial charge in [0.25, 0.3) is 5.89 Å². The topological polar surface area (TPSA) is 86.1 Å². The summed E-state index contributed by atoms with van der Waals surface area (Å²) in [5.41, 5.74) is 2.05. The SMILES string of the molecule is Cc1nn(C)cc1NC(=O)Cc1nc(-c2ccco2)oc1C. The van der Waals surface area contributed by atoms with Crippen molar-refractivity contribution in [2.24, 2.45) is 7.05 Å². The van der Waals surface area contributed by atoms with Crippen LogP contribution in [0.15, 0.2) is 33.4 Å². The molecule has 7 heteroatoms. The van der Waals surface area contributed by atoms with Gasteiger partial charge in [-0.2, -0.15) is 5.10 Å². The van der Waals surface area contributed by atoms with Crippen LogP contribution in [0.2, 0.25) is 0 Å². The molecule has 0 atom stereocenters. The molecule has 0 saturated carbocycles. The summed E-state index contributed by atoms with van der Waals surface area (Å²) in [7, 11) is 1.81. The minimum Gasteiger partial charge on any atom is -0.459 e. The minimum atomic E-state index is -0.168. The lowest BCUT2D eigenvalue weighted by molar-refractivity contribution is -0.115. The monoisotopic (exact) mass is 300 g/mol. The van der Waals surface area contributed by atoms with Crippen LogP contribution in [-0.2, 0) is 18.3 Å². The summed E-state index contributed by atoms with van der Waals surface area (Å²) >= 11 is 0. The van der Waals surface area contributed by atoms with Crippen LogP contribution in [0.5, 0.6) is 0 Å². The number of furan rings is 1. The number of amides is 1. The first-order chi connectivity index (χ1) is 10.5. The van der Waals surface area contributed by atoms with Gasteiger partial charge in [0.1, 0.15) is 5.76 Å². The number of carbonyl (C=O) groups is 1. The molecule has 0 aliphatic heterocycles. The molecule has 1 amide bonds. The number of oxazole rings is 1. The van der Waals surface area contributed by atoms with Crippen LogP contribution in [0.4, 0.5) is 5.69 Å². The van der Waals surface area contributed by atoms with Crippen LogP contribution < -0.4 is 5.32 Å². The molecule has 0 aromatic carbocycles. The van der Waals surface area contributed by atoms with Gasteiger partial charge < -0.3 is 14.2 Å². The first kappa shape index (κ1) is 14.1. The van der Waals surface area contributed by atoms with Gasteiger partial charge in [0.2, 0.25) is 5.91 Å². The van der Waals surface area contributed by atoms with E-state index >= 15 is 0 Å². The van der Waals surface area contributed by atoms with Crippen molar-refractivity contribution in [3.63, 3.8) is 0 Å². The van der Waals surface area contributed by atoms with Crippen molar-refractivity contribution < 1.29 is 13.6 Å². The van der Waals surface area contributed by atoms with Crippen molar-refractivity contribution in [2.75, 3.05) is 5.32 Å². The fraction of sp³-hybridized carbons (Fsp3) is 0.267. The Hall–Kier alpha value is -2.83. The van der Waals surface area contributed by atoms with Gasteiger partial charge in [-0.1, -0.05) is 0 Å². The van der Waals surface area contributed by atoms with Gasteiger partial charge in [-0.05, 0) is 26.0 Å². The Morgan fingerprint density at radius 1 is 1.41 bits per heavy atom. The molecular weight excluding hydrogens is 284 g/mol. The average Bonchev–Trinajstić information content (AvgIpc) is 3.14. The van der Waals surface area contributed by atoms with Gasteiger partial charge in [0.15, 0.2) is 5.76 Å². The molecule has 0 bridgehead atoms. The molecule has 0 unspecified atom stereocenters. The van der Waals surface area contributed by atoms with Crippen LogP contribution in [0.3, 0.4) is 0 Å². The third kappa shape index (κ3) is 2.78. The van der Waals surface area contributed by atoms with E-state index < -0.39 is 0 Å². The Balaban J connectivity index is 1.73. The lowest BCUT2D eigenvalue weighted by Crippen LogP contribution is -2.15. The Kier molecular flexibility index (Phi) is 3.54. The minimum absolute atomic E-state index is 0.129. The number of nitrogens with one attached hydrogen (secondary N) is 1. The highest BCUT2D eigenvalue weighted by molar-refractivity contribution is 5.92. The summed E-state index contributed by atoms with van der Waals surface area (Å²) in [6.07, 6.45) is 3.44. The number of anilines is 1. The summed E-state index contributed by atoms with van der Waals surface area (Å²) in [6, 6.07) is 3.51. The molecule has 1 N–H and O–H groups in total. The lowest BCUT2D eigenvalue weighted by Gasteiger charge is -2.01. The first-order valence-corrected chi connectivity index (χ1v) is 6.83. The van der Waals surface area contributed by atoms with E-state index in [-0.39, 0.29) is 12.3 Å². The molecule has 0 aliphatic carbocycles. The smallest absolute Gasteiger partial charge is 0.263 e. The molecular formula is C15H16N4O3. The Morgan fingerprint density at radius 3 is 2.86 bits per heavy atom. The maximum Gasteiger partial charge on any atom is 0.263 e. The molecule has 3 aromatic rings. The predicted molar refractivity (Wildman–Crippen MR) is 79.2 cm³/mol. The van der Waals surface area contributed by atoms with Crippen LogP contribution in [0.1, 0.15) is 17.1 Å². The van der Waals surface area contributed by atoms with Crippen molar-refractivity contribution in [1.29, 1.82) is 0 Å². The number of carbonyl (C=O) groups excluding carboxylic acids is 1.